The quantitative estimate of drug-likeness (QED) is 0.614. The zero-order valence-electron chi connectivity index (χ0n) is 18.4. The SMILES string of the molecule is COc1cc(OC)cc(C(=O)N2CCN(c3ccc(=O)n(-c4ccc(C)cc4)n3)CC2)c1. The first-order chi connectivity index (χ1) is 15.5. The number of carbonyl (C=O) groups excluding carboxylic acids is 1. The molecule has 0 spiro atoms. The second kappa shape index (κ2) is 9.13. The minimum Gasteiger partial charge on any atom is -0.497 e. The average molecular weight is 434 g/mol. The van der Waals surface area contributed by atoms with Crippen molar-refractivity contribution in [2.75, 3.05) is 45.3 Å². The Kier molecular flexibility index (Phi) is 6.11. The number of aryl methyl sites for hydroxylation is 1. The van der Waals surface area contributed by atoms with Crippen LogP contribution in [0.25, 0.3) is 5.69 Å². The normalized spacial score (nSPS) is 13.7. The number of piperazine rings is 1. The molecule has 0 bridgehead atoms. The van der Waals surface area contributed by atoms with Gasteiger partial charge in [-0.1, -0.05) is 17.7 Å². The Balaban J connectivity index is 1.48. The number of methoxy groups -OCH3 is 2. The summed E-state index contributed by atoms with van der Waals surface area (Å²) in [6, 6.07) is 16.1. The van der Waals surface area contributed by atoms with Crippen molar-refractivity contribution < 1.29 is 14.3 Å². The van der Waals surface area contributed by atoms with E-state index in [0.29, 0.717) is 49.1 Å². The van der Waals surface area contributed by atoms with E-state index in [0.717, 1.165) is 11.3 Å². The molecule has 1 aromatic heterocycles. The Morgan fingerprint density at radius 3 is 2.09 bits per heavy atom. The van der Waals surface area contributed by atoms with Crippen LogP contribution in [-0.4, -0.2) is 61.0 Å². The van der Waals surface area contributed by atoms with Crippen LogP contribution in [-0.2, 0) is 0 Å². The van der Waals surface area contributed by atoms with Gasteiger partial charge in [-0.25, -0.2) is 0 Å². The predicted octanol–water partition coefficient (Wildman–Crippen LogP) is 2.52. The minimum absolute atomic E-state index is 0.0700. The van der Waals surface area contributed by atoms with Crippen molar-refractivity contribution in [3.63, 3.8) is 0 Å². The van der Waals surface area contributed by atoms with Crippen molar-refractivity contribution >= 4 is 11.7 Å². The lowest BCUT2D eigenvalue weighted by atomic mass is 10.1. The topological polar surface area (TPSA) is 76.9 Å². The van der Waals surface area contributed by atoms with Gasteiger partial charge in [0.25, 0.3) is 11.5 Å². The largest absolute Gasteiger partial charge is 0.497 e. The molecule has 0 unspecified atom stereocenters. The molecule has 0 aliphatic carbocycles. The maximum Gasteiger partial charge on any atom is 0.271 e. The molecule has 4 rings (SSSR count). The Bertz CT molecular complexity index is 1140. The van der Waals surface area contributed by atoms with E-state index in [4.69, 9.17) is 9.47 Å². The Morgan fingerprint density at radius 2 is 1.50 bits per heavy atom. The summed E-state index contributed by atoms with van der Waals surface area (Å²) >= 11 is 0. The van der Waals surface area contributed by atoms with Crippen LogP contribution < -0.4 is 19.9 Å². The summed E-state index contributed by atoms with van der Waals surface area (Å²) in [4.78, 5) is 29.3. The average Bonchev–Trinajstić information content (AvgIpc) is 2.84. The van der Waals surface area contributed by atoms with Crippen molar-refractivity contribution in [1.82, 2.24) is 14.7 Å². The highest BCUT2D eigenvalue weighted by atomic mass is 16.5. The number of hydrogen-bond donors (Lipinski definition) is 0. The van der Waals surface area contributed by atoms with Crippen LogP contribution in [0.5, 0.6) is 11.5 Å². The van der Waals surface area contributed by atoms with Crippen LogP contribution in [0.15, 0.2) is 59.4 Å². The number of ether oxygens (including phenoxy) is 2. The van der Waals surface area contributed by atoms with E-state index in [1.807, 2.05) is 31.2 Å². The lowest BCUT2D eigenvalue weighted by molar-refractivity contribution is 0.0745. The van der Waals surface area contributed by atoms with Crippen LogP contribution >= 0.6 is 0 Å². The Labute approximate surface area is 186 Å². The van der Waals surface area contributed by atoms with Crippen molar-refractivity contribution in [3.05, 3.63) is 76.1 Å². The molecule has 2 heterocycles. The molecule has 3 aromatic rings. The second-order valence-electron chi connectivity index (χ2n) is 7.66. The molecule has 1 aliphatic rings. The van der Waals surface area contributed by atoms with E-state index in [-0.39, 0.29) is 11.5 Å². The first kappa shape index (κ1) is 21.4. The van der Waals surface area contributed by atoms with Gasteiger partial charge in [-0.15, -0.1) is 5.10 Å². The third-order valence-corrected chi connectivity index (χ3v) is 5.55. The molecule has 1 aliphatic heterocycles. The molecule has 32 heavy (non-hydrogen) atoms. The first-order valence-electron chi connectivity index (χ1n) is 10.4. The van der Waals surface area contributed by atoms with Crippen molar-refractivity contribution in [2.24, 2.45) is 0 Å². The zero-order chi connectivity index (χ0) is 22.7. The molecule has 1 fully saturated rings. The highest BCUT2D eigenvalue weighted by molar-refractivity contribution is 5.95. The van der Waals surface area contributed by atoms with Gasteiger partial charge < -0.3 is 19.3 Å². The number of benzene rings is 2. The molecule has 8 nitrogen and oxygen atoms in total. The molecule has 166 valence electrons. The van der Waals surface area contributed by atoms with Gasteiger partial charge in [0.05, 0.1) is 19.9 Å². The summed E-state index contributed by atoms with van der Waals surface area (Å²) in [6.45, 7) is 4.32. The smallest absolute Gasteiger partial charge is 0.271 e. The third-order valence-electron chi connectivity index (χ3n) is 5.55. The summed E-state index contributed by atoms with van der Waals surface area (Å²) in [6.07, 6.45) is 0. The predicted molar refractivity (Wildman–Crippen MR) is 122 cm³/mol. The van der Waals surface area contributed by atoms with E-state index in [1.54, 1.807) is 43.4 Å². The fraction of sp³-hybridized carbons (Fsp3) is 0.292. The fourth-order valence-corrected chi connectivity index (χ4v) is 3.69. The van der Waals surface area contributed by atoms with Crippen molar-refractivity contribution in [3.8, 4) is 17.2 Å². The van der Waals surface area contributed by atoms with Gasteiger partial charge in [0.1, 0.15) is 17.3 Å². The lowest BCUT2D eigenvalue weighted by Gasteiger charge is -2.35. The fourth-order valence-electron chi connectivity index (χ4n) is 3.69. The molecule has 0 saturated carbocycles. The number of aromatic nitrogens is 2. The van der Waals surface area contributed by atoms with Gasteiger partial charge in [-0.2, -0.15) is 4.68 Å². The lowest BCUT2D eigenvalue weighted by Crippen LogP contribution is -2.49. The number of amides is 1. The molecular weight excluding hydrogens is 408 g/mol. The summed E-state index contributed by atoms with van der Waals surface area (Å²) in [7, 11) is 3.12. The van der Waals surface area contributed by atoms with Crippen molar-refractivity contribution in [1.29, 1.82) is 0 Å². The molecule has 2 aromatic carbocycles. The van der Waals surface area contributed by atoms with E-state index in [2.05, 4.69) is 10.00 Å². The van der Waals surface area contributed by atoms with Gasteiger partial charge in [0.2, 0.25) is 0 Å². The number of anilines is 1. The van der Waals surface area contributed by atoms with Gasteiger partial charge in [0, 0.05) is 43.9 Å². The van der Waals surface area contributed by atoms with Gasteiger partial charge in [0.15, 0.2) is 0 Å². The summed E-state index contributed by atoms with van der Waals surface area (Å²) in [5.74, 6) is 1.79. The van der Waals surface area contributed by atoms with E-state index in [1.165, 1.54) is 10.7 Å². The summed E-state index contributed by atoms with van der Waals surface area (Å²) in [5, 5.41) is 4.56. The number of nitrogens with zero attached hydrogens (tertiary/aromatic N) is 4. The highest BCUT2D eigenvalue weighted by Gasteiger charge is 2.24. The minimum atomic E-state index is -0.182. The van der Waals surface area contributed by atoms with Crippen LogP contribution in [0.3, 0.4) is 0 Å². The summed E-state index contributed by atoms with van der Waals surface area (Å²) in [5.41, 5.74) is 2.19. The maximum atomic E-state index is 13.0. The van der Waals surface area contributed by atoms with Gasteiger partial charge in [-0.3, -0.25) is 9.59 Å². The monoisotopic (exact) mass is 434 g/mol. The highest BCUT2D eigenvalue weighted by Crippen LogP contribution is 2.24. The summed E-state index contributed by atoms with van der Waals surface area (Å²) < 4.78 is 12.0. The molecule has 0 atom stereocenters. The number of hydrogen-bond acceptors (Lipinski definition) is 6. The van der Waals surface area contributed by atoms with Crippen LogP contribution in [0, 0.1) is 6.92 Å². The van der Waals surface area contributed by atoms with Crippen molar-refractivity contribution in [2.45, 2.75) is 6.92 Å². The standard InChI is InChI=1S/C24H26N4O4/c1-17-4-6-19(7-5-17)28-23(29)9-8-22(25-28)26-10-12-27(13-11-26)24(30)18-14-20(31-2)16-21(15-18)32-3/h4-9,14-16H,10-13H2,1-3H3. The van der Waals surface area contributed by atoms with Crippen LogP contribution in [0.4, 0.5) is 5.82 Å². The van der Waals surface area contributed by atoms with E-state index < -0.39 is 0 Å². The van der Waals surface area contributed by atoms with Crippen LogP contribution in [0.1, 0.15) is 15.9 Å². The van der Waals surface area contributed by atoms with E-state index in [9.17, 15) is 9.59 Å². The van der Waals surface area contributed by atoms with Crippen LogP contribution in [0.2, 0.25) is 0 Å². The molecule has 1 amide bonds. The second-order valence-corrected chi connectivity index (χ2v) is 7.66. The molecular formula is C24H26N4O4. The molecule has 8 heteroatoms. The van der Waals surface area contributed by atoms with Gasteiger partial charge in [-0.05, 0) is 37.3 Å². The molecule has 0 N–H and O–H groups in total. The number of rotatable bonds is 5. The Hall–Kier alpha value is -3.81. The number of carbonyl (C=O) groups is 1. The Morgan fingerprint density at radius 1 is 0.875 bits per heavy atom. The zero-order valence-corrected chi connectivity index (χ0v) is 18.4. The molecule has 1 saturated heterocycles. The first-order valence-corrected chi connectivity index (χ1v) is 10.4. The van der Waals surface area contributed by atoms with Gasteiger partial charge >= 0.3 is 0 Å². The van der Waals surface area contributed by atoms with E-state index >= 15 is 0 Å². The third kappa shape index (κ3) is 4.44. The molecule has 0 radical (unpaired) electrons. The maximum absolute atomic E-state index is 13.0.